The van der Waals surface area contributed by atoms with Crippen LogP contribution >= 0.6 is 0 Å². The second kappa shape index (κ2) is 3.42. The van der Waals surface area contributed by atoms with Crippen LogP contribution in [0.15, 0.2) is 36.0 Å². The first-order valence-electron chi connectivity index (χ1n) is 4.94. The summed E-state index contributed by atoms with van der Waals surface area (Å²) in [6, 6.07) is 7.89. The van der Waals surface area contributed by atoms with E-state index in [4.69, 9.17) is 0 Å². The van der Waals surface area contributed by atoms with Gasteiger partial charge < -0.3 is 9.80 Å². The third-order valence-electron chi connectivity index (χ3n) is 2.76. The molecular weight excluding hydrogens is 188 g/mol. The fourth-order valence-electron chi connectivity index (χ4n) is 1.90. The summed E-state index contributed by atoms with van der Waals surface area (Å²) in [6.07, 6.45) is 1.84. The Balaban J connectivity index is 2.62. The second-order valence-corrected chi connectivity index (χ2v) is 3.59. The third kappa shape index (κ3) is 1.31. The zero-order valence-corrected chi connectivity index (χ0v) is 9.19. The van der Waals surface area contributed by atoms with Crippen LogP contribution < -0.4 is 9.80 Å². The van der Waals surface area contributed by atoms with E-state index < -0.39 is 0 Å². The summed E-state index contributed by atoms with van der Waals surface area (Å²) in [5.41, 5.74) is 2.74. The number of carbonyl (C=O) groups is 1. The lowest BCUT2D eigenvalue weighted by Crippen LogP contribution is -2.40. The molecule has 0 bridgehead atoms. The van der Waals surface area contributed by atoms with Gasteiger partial charge >= 0.3 is 0 Å². The molecule has 0 aliphatic carbocycles. The van der Waals surface area contributed by atoms with Gasteiger partial charge in [0.25, 0.3) is 5.91 Å². The van der Waals surface area contributed by atoms with E-state index in [1.807, 2.05) is 49.2 Å². The molecule has 0 radical (unpaired) electrons. The van der Waals surface area contributed by atoms with Crippen LogP contribution in [0.4, 0.5) is 11.4 Å². The summed E-state index contributed by atoms with van der Waals surface area (Å²) in [4.78, 5) is 15.6. The fourth-order valence-corrected chi connectivity index (χ4v) is 1.90. The van der Waals surface area contributed by atoms with Crippen molar-refractivity contribution < 1.29 is 4.79 Å². The van der Waals surface area contributed by atoms with Gasteiger partial charge in [0.1, 0.15) is 5.70 Å². The Bertz CT molecular complexity index is 437. The second-order valence-electron chi connectivity index (χ2n) is 3.59. The highest BCUT2D eigenvalue weighted by molar-refractivity contribution is 6.12. The molecule has 1 amide bonds. The molecule has 0 saturated carbocycles. The van der Waals surface area contributed by atoms with Gasteiger partial charge in [-0.15, -0.1) is 0 Å². The number of benzene rings is 1. The lowest BCUT2D eigenvalue weighted by Gasteiger charge is -2.34. The Morgan fingerprint density at radius 1 is 1.07 bits per heavy atom. The van der Waals surface area contributed by atoms with Crippen LogP contribution in [0.3, 0.4) is 0 Å². The predicted molar refractivity (Wildman–Crippen MR) is 62.0 cm³/mol. The standard InChI is InChI=1S/C12H14N2O/c1-4-9-12(15)14(3)11-8-6-5-7-10(11)13(9)2/h4-8H,1-3H3. The number of rotatable bonds is 0. The van der Waals surface area contributed by atoms with Crippen molar-refractivity contribution in [2.45, 2.75) is 6.92 Å². The number of para-hydroxylation sites is 2. The SMILES string of the molecule is CC=C1C(=O)N(C)c2ccccc2N1C. The number of allylic oxidation sites excluding steroid dienone is 1. The van der Waals surface area contributed by atoms with Crippen molar-refractivity contribution in [3.8, 4) is 0 Å². The molecule has 0 atom stereocenters. The first-order chi connectivity index (χ1) is 7.16. The van der Waals surface area contributed by atoms with E-state index in [-0.39, 0.29) is 5.91 Å². The van der Waals surface area contributed by atoms with Gasteiger partial charge in [-0.1, -0.05) is 18.2 Å². The molecular formula is C12H14N2O. The Kier molecular flexibility index (Phi) is 2.23. The Hall–Kier alpha value is -1.77. The van der Waals surface area contributed by atoms with Gasteiger partial charge in [0, 0.05) is 14.1 Å². The minimum atomic E-state index is 0.0405. The van der Waals surface area contributed by atoms with E-state index >= 15 is 0 Å². The van der Waals surface area contributed by atoms with Crippen LogP contribution in [-0.2, 0) is 4.79 Å². The largest absolute Gasteiger partial charge is 0.339 e. The maximum absolute atomic E-state index is 11.9. The Morgan fingerprint density at radius 2 is 1.60 bits per heavy atom. The molecule has 1 aromatic carbocycles. The van der Waals surface area contributed by atoms with Gasteiger partial charge in [-0.05, 0) is 19.1 Å². The van der Waals surface area contributed by atoms with Crippen LogP contribution in [-0.4, -0.2) is 20.0 Å². The van der Waals surface area contributed by atoms with Gasteiger partial charge in [0.05, 0.1) is 11.4 Å². The van der Waals surface area contributed by atoms with Crippen molar-refractivity contribution in [2.75, 3.05) is 23.9 Å². The van der Waals surface area contributed by atoms with Gasteiger partial charge in [0.15, 0.2) is 0 Å². The summed E-state index contributed by atoms with van der Waals surface area (Å²) in [7, 11) is 3.72. The minimum Gasteiger partial charge on any atom is -0.339 e. The number of anilines is 2. The highest BCUT2D eigenvalue weighted by Crippen LogP contribution is 2.35. The van der Waals surface area contributed by atoms with Crippen molar-refractivity contribution in [1.29, 1.82) is 0 Å². The monoisotopic (exact) mass is 202 g/mol. The van der Waals surface area contributed by atoms with Crippen LogP contribution in [0.25, 0.3) is 0 Å². The minimum absolute atomic E-state index is 0.0405. The first-order valence-corrected chi connectivity index (χ1v) is 4.94. The molecule has 3 heteroatoms. The smallest absolute Gasteiger partial charge is 0.274 e. The predicted octanol–water partition coefficient (Wildman–Crippen LogP) is 2.00. The molecule has 0 aromatic heterocycles. The Morgan fingerprint density at radius 3 is 2.13 bits per heavy atom. The average Bonchev–Trinajstić information content (AvgIpc) is 2.27. The molecule has 3 nitrogen and oxygen atoms in total. The van der Waals surface area contributed by atoms with Crippen molar-refractivity contribution >= 4 is 17.3 Å². The Labute approximate surface area is 89.6 Å². The van der Waals surface area contributed by atoms with Gasteiger partial charge in [-0.2, -0.15) is 0 Å². The van der Waals surface area contributed by atoms with Crippen LogP contribution in [0.2, 0.25) is 0 Å². The summed E-state index contributed by atoms with van der Waals surface area (Å²) in [5.74, 6) is 0.0405. The van der Waals surface area contributed by atoms with Crippen molar-refractivity contribution in [3.05, 3.63) is 36.0 Å². The van der Waals surface area contributed by atoms with Crippen molar-refractivity contribution in [2.24, 2.45) is 0 Å². The zero-order chi connectivity index (χ0) is 11.0. The molecule has 0 N–H and O–H groups in total. The lowest BCUT2D eigenvalue weighted by molar-refractivity contribution is -0.115. The topological polar surface area (TPSA) is 23.6 Å². The molecule has 1 heterocycles. The van der Waals surface area contributed by atoms with E-state index in [2.05, 4.69) is 0 Å². The highest BCUT2D eigenvalue weighted by Gasteiger charge is 2.28. The fraction of sp³-hybridized carbons (Fsp3) is 0.250. The average molecular weight is 202 g/mol. The van der Waals surface area contributed by atoms with E-state index in [0.717, 1.165) is 17.1 Å². The molecule has 2 rings (SSSR count). The molecule has 1 aromatic rings. The number of nitrogens with zero attached hydrogens (tertiary/aromatic N) is 2. The first kappa shape index (κ1) is 9.77. The number of hydrogen-bond acceptors (Lipinski definition) is 2. The highest BCUT2D eigenvalue weighted by atomic mass is 16.2. The van der Waals surface area contributed by atoms with Gasteiger partial charge in [-0.25, -0.2) is 0 Å². The van der Waals surface area contributed by atoms with Crippen molar-refractivity contribution in [1.82, 2.24) is 0 Å². The van der Waals surface area contributed by atoms with E-state index in [9.17, 15) is 4.79 Å². The number of hydrogen-bond donors (Lipinski definition) is 0. The summed E-state index contributed by atoms with van der Waals surface area (Å²) >= 11 is 0. The molecule has 0 fully saturated rings. The van der Waals surface area contributed by atoms with Gasteiger partial charge in [0.2, 0.25) is 0 Å². The quantitative estimate of drug-likeness (QED) is 0.601. The number of likely N-dealkylation sites (N-methyl/N-ethyl adjacent to an activating group) is 2. The molecule has 0 unspecified atom stereocenters. The summed E-state index contributed by atoms with van der Waals surface area (Å²) in [5, 5.41) is 0. The van der Waals surface area contributed by atoms with E-state index in [0.29, 0.717) is 0 Å². The van der Waals surface area contributed by atoms with E-state index in [1.165, 1.54) is 0 Å². The number of carbonyl (C=O) groups excluding carboxylic acids is 1. The van der Waals surface area contributed by atoms with E-state index in [1.54, 1.807) is 11.9 Å². The molecule has 1 aliphatic rings. The van der Waals surface area contributed by atoms with Crippen molar-refractivity contribution in [3.63, 3.8) is 0 Å². The van der Waals surface area contributed by atoms with Gasteiger partial charge in [-0.3, -0.25) is 4.79 Å². The molecule has 78 valence electrons. The molecule has 15 heavy (non-hydrogen) atoms. The lowest BCUT2D eigenvalue weighted by atomic mass is 10.1. The van der Waals surface area contributed by atoms with Crippen LogP contribution in [0.5, 0.6) is 0 Å². The summed E-state index contributed by atoms with van der Waals surface area (Å²) < 4.78 is 0. The molecule has 0 saturated heterocycles. The number of fused-ring (bicyclic) bond motifs is 1. The summed E-state index contributed by atoms with van der Waals surface area (Å²) in [6.45, 7) is 1.88. The zero-order valence-electron chi connectivity index (χ0n) is 9.19. The maximum atomic E-state index is 11.9. The van der Waals surface area contributed by atoms with Crippen LogP contribution in [0, 0.1) is 0 Å². The normalized spacial score (nSPS) is 18.3. The molecule has 1 aliphatic heterocycles. The number of amides is 1. The maximum Gasteiger partial charge on any atom is 0.274 e. The molecule has 0 spiro atoms. The third-order valence-corrected chi connectivity index (χ3v) is 2.76. The van der Waals surface area contributed by atoms with Crippen LogP contribution in [0.1, 0.15) is 6.92 Å².